The van der Waals surface area contributed by atoms with Crippen LogP contribution in [0.3, 0.4) is 0 Å². The average Bonchev–Trinajstić information content (AvgIpc) is 3.18. The SMILES string of the molecule is COCCNC(=O)N1CCN(CC(=O)c2cccs2)CC1.O=C(O)C(=O)O. The third-order valence-electron chi connectivity index (χ3n) is 3.59. The summed E-state index contributed by atoms with van der Waals surface area (Å²) in [5.41, 5.74) is 0. The van der Waals surface area contributed by atoms with Crippen molar-refractivity contribution in [3.63, 3.8) is 0 Å². The molecule has 0 aliphatic carbocycles. The quantitative estimate of drug-likeness (QED) is 0.346. The van der Waals surface area contributed by atoms with Gasteiger partial charge in [-0.1, -0.05) is 6.07 Å². The predicted octanol–water partition coefficient (Wildman–Crippen LogP) is 0.0600. The molecule has 2 heterocycles. The van der Waals surface area contributed by atoms with Gasteiger partial charge in [-0.3, -0.25) is 9.69 Å². The van der Waals surface area contributed by atoms with Gasteiger partial charge in [0.25, 0.3) is 0 Å². The lowest BCUT2D eigenvalue weighted by atomic mass is 10.2. The van der Waals surface area contributed by atoms with Crippen molar-refractivity contribution in [2.24, 2.45) is 0 Å². The molecule has 0 unspecified atom stereocenters. The van der Waals surface area contributed by atoms with Crippen LogP contribution in [0.2, 0.25) is 0 Å². The van der Waals surface area contributed by atoms with E-state index in [2.05, 4.69) is 10.2 Å². The summed E-state index contributed by atoms with van der Waals surface area (Å²) < 4.78 is 4.90. The number of ketones is 1. The molecule has 11 heteroatoms. The number of carboxylic acids is 2. The van der Waals surface area contributed by atoms with E-state index in [0.29, 0.717) is 32.8 Å². The van der Waals surface area contributed by atoms with Gasteiger partial charge in [0, 0.05) is 39.8 Å². The van der Waals surface area contributed by atoms with E-state index in [1.54, 1.807) is 12.0 Å². The Bertz CT molecular complexity index is 616. The Morgan fingerprint density at radius 3 is 2.26 bits per heavy atom. The number of Topliss-reactive ketones (excluding diaryl/α,β-unsaturated/α-hetero) is 1. The summed E-state index contributed by atoms with van der Waals surface area (Å²) in [6.07, 6.45) is 0. The van der Waals surface area contributed by atoms with E-state index in [-0.39, 0.29) is 11.8 Å². The molecule has 10 nitrogen and oxygen atoms in total. The molecule has 0 bridgehead atoms. The number of urea groups is 1. The number of nitrogens with zero attached hydrogens (tertiary/aromatic N) is 2. The molecule has 3 N–H and O–H groups in total. The number of nitrogens with one attached hydrogen (secondary N) is 1. The minimum absolute atomic E-state index is 0.0590. The van der Waals surface area contributed by atoms with Crippen molar-refractivity contribution in [3.05, 3.63) is 22.4 Å². The Morgan fingerprint density at radius 2 is 1.78 bits per heavy atom. The molecule has 27 heavy (non-hydrogen) atoms. The third kappa shape index (κ3) is 8.62. The van der Waals surface area contributed by atoms with Gasteiger partial charge in [0.05, 0.1) is 18.0 Å². The molecule has 1 aliphatic heterocycles. The topological polar surface area (TPSA) is 136 Å². The van der Waals surface area contributed by atoms with Gasteiger partial charge in [-0.2, -0.15) is 0 Å². The van der Waals surface area contributed by atoms with Gasteiger partial charge in [-0.05, 0) is 11.4 Å². The summed E-state index contributed by atoms with van der Waals surface area (Å²) in [5, 5.41) is 19.5. The zero-order chi connectivity index (χ0) is 20.2. The number of carbonyl (C=O) groups is 4. The molecule has 2 rings (SSSR count). The number of rotatable bonds is 6. The summed E-state index contributed by atoms with van der Waals surface area (Å²) in [6, 6.07) is 3.68. The van der Waals surface area contributed by atoms with Crippen LogP contribution < -0.4 is 5.32 Å². The number of amides is 2. The standard InChI is InChI=1S/C14H21N3O3S.C2H2O4/c1-20-9-4-15-14(19)17-7-5-16(6-8-17)11-12(18)13-3-2-10-21-13;3-1(4)2(5)6/h2-3,10H,4-9,11H2,1H3,(H,15,19);(H,3,4)(H,5,6). The molecule has 1 saturated heterocycles. The zero-order valence-corrected chi connectivity index (χ0v) is 15.7. The van der Waals surface area contributed by atoms with E-state index < -0.39 is 11.9 Å². The number of hydrogen-bond acceptors (Lipinski definition) is 7. The first-order valence-corrected chi connectivity index (χ1v) is 9.00. The van der Waals surface area contributed by atoms with Gasteiger partial charge in [0.2, 0.25) is 0 Å². The number of aliphatic carboxylic acids is 2. The lowest BCUT2D eigenvalue weighted by Gasteiger charge is -2.34. The van der Waals surface area contributed by atoms with E-state index in [1.165, 1.54) is 11.3 Å². The zero-order valence-electron chi connectivity index (χ0n) is 14.9. The lowest BCUT2D eigenvalue weighted by Crippen LogP contribution is -2.52. The van der Waals surface area contributed by atoms with Crippen LogP contribution in [0.25, 0.3) is 0 Å². The van der Waals surface area contributed by atoms with Crippen molar-refractivity contribution in [1.82, 2.24) is 15.1 Å². The summed E-state index contributed by atoms with van der Waals surface area (Å²) in [5.74, 6) is -3.49. The summed E-state index contributed by atoms with van der Waals surface area (Å²) in [6.45, 7) is 4.23. The second kappa shape index (κ2) is 12.0. The smallest absolute Gasteiger partial charge is 0.414 e. The molecule has 1 fully saturated rings. The molecule has 0 radical (unpaired) electrons. The summed E-state index contributed by atoms with van der Waals surface area (Å²) in [4.78, 5) is 46.8. The van der Waals surface area contributed by atoms with E-state index >= 15 is 0 Å². The molecule has 1 aromatic rings. The Labute approximate surface area is 160 Å². The van der Waals surface area contributed by atoms with Crippen LogP contribution in [0.4, 0.5) is 4.79 Å². The number of piperazine rings is 1. The number of carboxylic acid groups (broad SMARTS) is 2. The van der Waals surface area contributed by atoms with Gasteiger partial charge < -0.3 is 25.2 Å². The molecular weight excluding hydrogens is 378 g/mol. The molecule has 2 amide bonds. The second-order valence-corrected chi connectivity index (χ2v) is 6.45. The van der Waals surface area contributed by atoms with Crippen molar-refractivity contribution >= 4 is 35.1 Å². The maximum absolute atomic E-state index is 12.0. The minimum Gasteiger partial charge on any atom is -0.473 e. The summed E-state index contributed by atoms with van der Waals surface area (Å²) in [7, 11) is 1.61. The van der Waals surface area contributed by atoms with Crippen LogP contribution >= 0.6 is 11.3 Å². The fraction of sp³-hybridized carbons (Fsp3) is 0.500. The molecule has 0 spiro atoms. The Morgan fingerprint density at radius 1 is 1.15 bits per heavy atom. The Hall–Kier alpha value is -2.50. The minimum atomic E-state index is -1.82. The molecule has 1 aromatic heterocycles. The highest BCUT2D eigenvalue weighted by Gasteiger charge is 2.22. The molecule has 1 aliphatic rings. The van der Waals surface area contributed by atoms with E-state index in [0.717, 1.165) is 18.0 Å². The Kier molecular flexibility index (Phi) is 10.0. The van der Waals surface area contributed by atoms with Gasteiger partial charge in [0.1, 0.15) is 0 Å². The highest BCUT2D eigenvalue weighted by atomic mass is 32.1. The number of carbonyl (C=O) groups excluding carboxylic acids is 2. The average molecular weight is 401 g/mol. The van der Waals surface area contributed by atoms with Crippen molar-refractivity contribution < 1.29 is 34.1 Å². The van der Waals surface area contributed by atoms with Gasteiger partial charge in [-0.15, -0.1) is 11.3 Å². The van der Waals surface area contributed by atoms with Gasteiger partial charge in [0.15, 0.2) is 5.78 Å². The summed E-state index contributed by atoms with van der Waals surface area (Å²) >= 11 is 1.47. The normalized spacial score (nSPS) is 14.0. The first-order valence-electron chi connectivity index (χ1n) is 8.12. The first-order chi connectivity index (χ1) is 12.8. The largest absolute Gasteiger partial charge is 0.473 e. The van der Waals surface area contributed by atoms with Crippen LogP contribution in [0.15, 0.2) is 17.5 Å². The van der Waals surface area contributed by atoms with E-state index in [9.17, 15) is 9.59 Å². The fourth-order valence-electron chi connectivity index (χ4n) is 2.20. The van der Waals surface area contributed by atoms with Crippen LogP contribution in [0.1, 0.15) is 9.67 Å². The maximum Gasteiger partial charge on any atom is 0.414 e. The van der Waals surface area contributed by atoms with Crippen molar-refractivity contribution in [2.75, 3.05) is 53.0 Å². The third-order valence-corrected chi connectivity index (χ3v) is 4.50. The van der Waals surface area contributed by atoms with Crippen LogP contribution in [-0.4, -0.2) is 96.8 Å². The van der Waals surface area contributed by atoms with E-state index in [4.69, 9.17) is 24.5 Å². The van der Waals surface area contributed by atoms with Gasteiger partial charge in [-0.25, -0.2) is 14.4 Å². The number of methoxy groups -OCH3 is 1. The lowest BCUT2D eigenvalue weighted by molar-refractivity contribution is -0.159. The number of ether oxygens (including phenoxy) is 1. The highest BCUT2D eigenvalue weighted by molar-refractivity contribution is 7.12. The monoisotopic (exact) mass is 401 g/mol. The molecule has 0 atom stereocenters. The second-order valence-electron chi connectivity index (χ2n) is 5.50. The maximum atomic E-state index is 12.0. The van der Waals surface area contributed by atoms with Crippen LogP contribution in [0, 0.1) is 0 Å². The number of hydrogen-bond donors (Lipinski definition) is 3. The molecular formula is C16H23N3O7S. The van der Waals surface area contributed by atoms with Crippen molar-refractivity contribution in [3.8, 4) is 0 Å². The van der Waals surface area contributed by atoms with Crippen LogP contribution in [-0.2, 0) is 14.3 Å². The van der Waals surface area contributed by atoms with Gasteiger partial charge >= 0.3 is 18.0 Å². The number of thiophene rings is 1. The molecule has 0 aromatic carbocycles. The molecule has 0 saturated carbocycles. The fourth-order valence-corrected chi connectivity index (χ4v) is 2.86. The Balaban J connectivity index is 0.000000527. The van der Waals surface area contributed by atoms with Crippen molar-refractivity contribution in [2.45, 2.75) is 0 Å². The highest BCUT2D eigenvalue weighted by Crippen LogP contribution is 2.11. The molecule has 150 valence electrons. The van der Waals surface area contributed by atoms with E-state index in [1.807, 2.05) is 17.5 Å². The van der Waals surface area contributed by atoms with Crippen molar-refractivity contribution in [1.29, 1.82) is 0 Å². The first kappa shape index (κ1) is 22.5. The van der Waals surface area contributed by atoms with Crippen LogP contribution in [0.5, 0.6) is 0 Å². The predicted molar refractivity (Wildman–Crippen MR) is 97.2 cm³/mol.